The number of esters is 1. The summed E-state index contributed by atoms with van der Waals surface area (Å²) >= 11 is 0. The lowest BCUT2D eigenvalue weighted by Crippen LogP contribution is -1.87. The highest BCUT2D eigenvalue weighted by Gasteiger charge is 2.00. The molecule has 1 heterocycles. The van der Waals surface area contributed by atoms with Gasteiger partial charge < -0.3 is 9.84 Å². The van der Waals surface area contributed by atoms with E-state index < -0.39 is 5.97 Å². The van der Waals surface area contributed by atoms with Crippen LogP contribution in [-0.2, 0) is 14.3 Å². The van der Waals surface area contributed by atoms with E-state index in [1.54, 1.807) is 6.08 Å². The molecule has 0 atom stereocenters. The van der Waals surface area contributed by atoms with Crippen molar-refractivity contribution in [2.45, 2.75) is 6.42 Å². The highest BCUT2D eigenvalue weighted by atomic mass is 16.5. The SMILES string of the molecule is C=CC(=O)O.O=C1CC=CO1. The van der Waals surface area contributed by atoms with Crippen molar-refractivity contribution >= 4 is 11.9 Å². The van der Waals surface area contributed by atoms with Crippen LogP contribution in [0, 0.1) is 0 Å². The quantitative estimate of drug-likeness (QED) is 0.448. The molecule has 0 amide bonds. The molecule has 4 heteroatoms. The molecule has 0 unspecified atom stereocenters. The minimum atomic E-state index is -0.981. The topological polar surface area (TPSA) is 63.6 Å². The van der Waals surface area contributed by atoms with E-state index in [0.29, 0.717) is 6.42 Å². The van der Waals surface area contributed by atoms with E-state index in [-0.39, 0.29) is 5.97 Å². The van der Waals surface area contributed by atoms with Gasteiger partial charge in [-0.1, -0.05) is 6.58 Å². The van der Waals surface area contributed by atoms with Gasteiger partial charge in [-0.2, -0.15) is 0 Å². The summed E-state index contributed by atoms with van der Waals surface area (Å²) in [6.07, 6.45) is 4.37. The average Bonchev–Trinajstić information content (AvgIpc) is 2.41. The minimum absolute atomic E-state index is 0.157. The first-order valence-corrected chi connectivity index (χ1v) is 2.86. The van der Waals surface area contributed by atoms with E-state index in [1.165, 1.54) is 6.26 Å². The molecule has 60 valence electrons. The van der Waals surface area contributed by atoms with Crippen molar-refractivity contribution in [1.29, 1.82) is 0 Å². The summed E-state index contributed by atoms with van der Waals surface area (Å²) in [6, 6.07) is 0. The maximum absolute atomic E-state index is 9.96. The van der Waals surface area contributed by atoms with Crippen LogP contribution in [0.3, 0.4) is 0 Å². The Morgan fingerprint density at radius 3 is 2.45 bits per heavy atom. The standard InChI is InChI=1S/C4H4O2.C3H4O2/c5-4-2-1-3-6-4;1-2-3(4)5/h1,3H,2H2;2H,1H2,(H,4,5). The van der Waals surface area contributed by atoms with E-state index in [1.807, 2.05) is 0 Å². The first kappa shape index (κ1) is 9.42. The molecular formula is C7H8O4. The van der Waals surface area contributed by atoms with Crippen molar-refractivity contribution in [2.75, 3.05) is 0 Å². The van der Waals surface area contributed by atoms with Crippen LogP contribution in [0.25, 0.3) is 0 Å². The van der Waals surface area contributed by atoms with Crippen LogP contribution < -0.4 is 0 Å². The van der Waals surface area contributed by atoms with Crippen LogP contribution in [0.4, 0.5) is 0 Å². The number of ether oxygens (including phenoxy) is 1. The van der Waals surface area contributed by atoms with Gasteiger partial charge in [-0.3, -0.25) is 4.79 Å². The van der Waals surface area contributed by atoms with Gasteiger partial charge in [0.25, 0.3) is 0 Å². The van der Waals surface area contributed by atoms with Crippen LogP contribution in [0.2, 0.25) is 0 Å². The second-order valence-electron chi connectivity index (χ2n) is 1.61. The number of carboxylic acid groups (broad SMARTS) is 1. The fourth-order valence-electron chi connectivity index (χ4n) is 0.316. The van der Waals surface area contributed by atoms with Gasteiger partial charge in [-0.15, -0.1) is 0 Å². The molecule has 4 nitrogen and oxygen atoms in total. The summed E-state index contributed by atoms with van der Waals surface area (Å²) in [6.45, 7) is 2.96. The number of carbonyl (C=O) groups is 2. The summed E-state index contributed by atoms with van der Waals surface area (Å²) < 4.78 is 4.33. The summed E-state index contributed by atoms with van der Waals surface area (Å²) in [5.74, 6) is -1.14. The van der Waals surface area contributed by atoms with Gasteiger partial charge in [-0.25, -0.2) is 4.79 Å². The number of carboxylic acids is 1. The van der Waals surface area contributed by atoms with Gasteiger partial charge in [0.1, 0.15) is 0 Å². The smallest absolute Gasteiger partial charge is 0.327 e. The molecular weight excluding hydrogens is 148 g/mol. The van der Waals surface area contributed by atoms with E-state index in [4.69, 9.17) is 5.11 Å². The Hall–Kier alpha value is -1.58. The van der Waals surface area contributed by atoms with Crippen LogP contribution in [0.5, 0.6) is 0 Å². The van der Waals surface area contributed by atoms with Gasteiger partial charge in [0.15, 0.2) is 0 Å². The molecule has 0 spiro atoms. The maximum Gasteiger partial charge on any atom is 0.327 e. The van der Waals surface area contributed by atoms with Gasteiger partial charge in [-0.05, 0) is 6.08 Å². The molecule has 0 aromatic heterocycles. The van der Waals surface area contributed by atoms with E-state index in [2.05, 4.69) is 11.3 Å². The van der Waals surface area contributed by atoms with Crippen molar-refractivity contribution in [1.82, 2.24) is 0 Å². The molecule has 0 aromatic carbocycles. The zero-order valence-electron chi connectivity index (χ0n) is 5.82. The normalized spacial score (nSPS) is 12.9. The Labute approximate surface area is 63.8 Å². The van der Waals surface area contributed by atoms with Gasteiger partial charge >= 0.3 is 11.9 Å². The number of rotatable bonds is 1. The third-order valence-electron chi connectivity index (χ3n) is 0.755. The largest absolute Gasteiger partial charge is 0.478 e. The Bertz CT molecular complexity index is 183. The van der Waals surface area contributed by atoms with Crippen LogP contribution in [-0.4, -0.2) is 17.0 Å². The molecule has 1 rings (SSSR count). The summed E-state index contributed by atoms with van der Waals surface area (Å²) in [5, 5.41) is 7.60. The highest BCUT2D eigenvalue weighted by molar-refractivity contribution is 5.78. The number of aliphatic carboxylic acids is 1. The van der Waals surface area contributed by atoms with E-state index in [9.17, 15) is 9.59 Å². The molecule has 11 heavy (non-hydrogen) atoms. The van der Waals surface area contributed by atoms with E-state index >= 15 is 0 Å². The average molecular weight is 156 g/mol. The Morgan fingerprint density at radius 2 is 2.36 bits per heavy atom. The first-order valence-electron chi connectivity index (χ1n) is 2.86. The molecule has 1 aliphatic heterocycles. The van der Waals surface area contributed by atoms with Crippen LogP contribution in [0.15, 0.2) is 25.0 Å². The zero-order chi connectivity index (χ0) is 8.69. The Morgan fingerprint density at radius 1 is 1.82 bits per heavy atom. The Balaban J connectivity index is 0.000000187. The predicted molar refractivity (Wildman–Crippen MR) is 37.7 cm³/mol. The summed E-state index contributed by atoms with van der Waals surface area (Å²) in [5.41, 5.74) is 0. The number of carbonyl (C=O) groups excluding carboxylic acids is 1. The molecule has 1 aliphatic rings. The summed E-state index contributed by atoms with van der Waals surface area (Å²) in [7, 11) is 0. The number of hydrogen-bond acceptors (Lipinski definition) is 3. The van der Waals surface area contributed by atoms with Gasteiger partial charge in [0.2, 0.25) is 0 Å². The zero-order valence-corrected chi connectivity index (χ0v) is 5.82. The fraction of sp³-hybridized carbons (Fsp3) is 0.143. The second-order valence-corrected chi connectivity index (χ2v) is 1.61. The third kappa shape index (κ3) is 6.30. The lowest BCUT2D eigenvalue weighted by atomic mass is 10.5. The molecule has 0 saturated heterocycles. The Kier molecular flexibility index (Phi) is 4.47. The molecule has 0 radical (unpaired) electrons. The monoisotopic (exact) mass is 156 g/mol. The maximum atomic E-state index is 9.96. The molecule has 0 fully saturated rings. The summed E-state index contributed by atoms with van der Waals surface area (Å²) in [4.78, 5) is 19.2. The predicted octanol–water partition coefficient (Wildman–Crippen LogP) is 0.704. The fourth-order valence-corrected chi connectivity index (χ4v) is 0.316. The first-order chi connectivity index (χ1) is 5.16. The van der Waals surface area contributed by atoms with Gasteiger partial charge in [0.05, 0.1) is 12.7 Å². The van der Waals surface area contributed by atoms with Gasteiger partial charge in [0, 0.05) is 6.08 Å². The van der Waals surface area contributed by atoms with Crippen LogP contribution in [0.1, 0.15) is 6.42 Å². The van der Waals surface area contributed by atoms with Crippen molar-refractivity contribution in [2.24, 2.45) is 0 Å². The number of cyclic esters (lactones) is 1. The lowest BCUT2D eigenvalue weighted by Gasteiger charge is -1.78. The van der Waals surface area contributed by atoms with E-state index in [0.717, 1.165) is 6.08 Å². The molecule has 0 bridgehead atoms. The molecule has 0 saturated carbocycles. The van der Waals surface area contributed by atoms with Crippen molar-refractivity contribution in [3.63, 3.8) is 0 Å². The van der Waals surface area contributed by atoms with Crippen molar-refractivity contribution in [3.05, 3.63) is 25.0 Å². The second kappa shape index (κ2) is 5.22. The third-order valence-corrected chi connectivity index (χ3v) is 0.755. The minimum Gasteiger partial charge on any atom is -0.478 e. The lowest BCUT2D eigenvalue weighted by molar-refractivity contribution is -0.135. The van der Waals surface area contributed by atoms with Crippen molar-refractivity contribution < 1.29 is 19.4 Å². The molecule has 0 aromatic rings. The molecule has 1 N–H and O–H groups in total. The van der Waals surface area contributed by atoms with Crippen molar-refractivity contribution in [3.8, 4) is 0 Å². The highest BCUT2D eigenvalue weighted by Crippen LogP contribution is 1.96. The van der Waals surface area contributed by atoms with Crippen LogP contribution >= 0.6 is 0 Å². The molecule has 0 aliphatic carbocycles. The number of hydrogen-bond donors (Lipinski definition) is 1.